The number of nitrogens with zero attached hydrogens (tertiary/aromatic N) is 1. The Kier molecular flexibility index (Phi) is 3.57. The van der Waals surface area contributed by atoms with Crippen molar-refractivity contribution in [3.63, 3.8) is 0 Å². The molecule has 2 aromatic rings. The number of carboxylic acid groups (broad SMARTS) is 1. The number of anilines is 1. The van der Waals surface area contributed by atoms with Crippen LogP contribution in [-0.4, -0.2) is 22.0 Å². The van der Waals surface area contributed by atoms with Crippen LogP contribution < -0.4 is 5.32 Å². The third-order valence-electron chi connectivity index (χ3n) is 2.28. The largest absolute Gasteiger partial charge is 0.478 e. The first-order valence-electron chi connectivity index (χ1n) is 5.23. The van der Waals surface area contributed by atoms with Crippen LogP contribution in [0, 0.1) is 12.7 Å². The predicted molar refractivity (Wildman–Crippen MR) is 68.2 cm³/mol. The molecule has 0 saturated carbocycles. The molecule has 5 nitrogen and oxygen atoms in total. The zero-order valence-electron chi connectivity index (χ0n) is 9.81. The van der Waals surface area contributed by atoms with E-state index in [-0.39, 0.29) is 16.1 Å². The highest BCUT2D eigenvalue weighted by atomic mass is 32.1. The van der Waals surface area contributed by atoms with Crippen molar-refractivity contribution in [2.24, 2.45) is 0 Å². The number of pyridine rings is 1. The molecular weight excluding hydrogens is 271 g/mol. The molecule has 0 radical (unpaired) electrons. The molecular formula is C12H9FN2O3S. The molecule has 98 valence electrons. The Labute approximate surface area is 111 Å². The first-order valence-corrected chi connectivity index (χ1v) is 6.04. The summed E-state index contributed by atoms with van der Waals surface area (Å²) in [6.45, 7) is 1.73. The van der Waals surface area contributed by atoms with E-state index < -0.39 is 17.7 Å². The number of hydrogen-bond donors (Lipinski definition) is 2. The summed E-state index contributed by atoms with van der Waals surface area (Å²) >= 11 is 1.14. The Morgan fingerprint density at radius 2 is 2.11 bits per heavy atom. The zero-order valence-corrected chi connectivity index (χ0v) is 10.6. The fraction of sp³-hybridized carbons (Fsp3) is 0.0833. The number of thiophene rings is 1. The van der Waals surface area contributed by atoms with Gasteiger partial charge in [-0.05, 0) is 19.1 Å². The highest BCUT2D eigenvalue weighted by molar-refractivity contribution is 7.16. The number of aryl methyl sites for hydroxylation is 1. The van der Waals surface area contributed by atoms with Gasteiger partial charge in [0.2, 0.25) is 0 Å². The number of aromatic carboxylic acids is 1. The molecule has 0 aliphatic rings. The average Bonchev–Trinajstić information content (AvgIpc) is 2.70. The maximum Gasteiger partial charge on any atom is 0.338 e. The molecule has 2 rings (SSSR count). The van der Waals surface area contributed by atoms with Crippen molar-refractivity contribution >= 4 is 28.2 Å². The number of rotatable bonds is 3. The fourth-order valence-corrected chi connectivity index (χ4v) is 2.38. The van der Waals surface area contributed by atoms with Gasteiger partial charge in [0, 0.05) is 11.1 Å². The van der Waals surface area contributed by atoms with Crippen LogP contribution in [0.3, 0.4) is 0 Å². The van der Waals surface area contributed by atoms with Gasteiger partial charge in [-0.3, -0.25) is 9.78 Å². The molecule has 0 aliphatic heterocycles. The molecule has 2 aromatic heterocycles. The molecule has 0 saturated heterocycles. The van der Waals surface area contributed by atoms with Crippen molar-refractivity contribution in [2.45, 2.75) is 6.92 Å². The van der Waals surface area contributed by atoms with E-state index in [0.29, 0.717) is 0 Å². The van der Waals surface area contributed by atoms with Crippen LogP contribution >= 0.6 is 11.3 Å². The second-order valence-electron chi connectivity index (χ2n) is 3.75. The van der Waals surface area contributed by atoms with Gasteiger partial charge in [0.25, 0.3) is 5.91 Å². The van der Waals surface area contributed by atoms with Crippen molar-refractivity contribution in [3.8, 4) is 0 Å². The molecule has 0 fully saturated rings. The lowest BCUT2D eigenvalue weighted by Gasteiger charge is -2.03. The molecule has 0 unspecified atom stereocenters. The topological polar surface area (TPSA) is 79.3 Å². The highest BCUT2D eigenvalue weighted by Crippen LogP contribution is 2.28. The zero-order chi connectivity index (χ0) is 14.0. The minimum absolute atomic E-state index is 0.0141. The molecule has 0 aromatic carbocycles. The van der Waals surface area contributed by atoms with Crippen LogP contribution in [0.1, 0.15) is 25.6 Å². The number of nitrogens with one attached hydrogen (secondary N) is 1. The number of carbonyl (C=O) groups excluding carboxylic acids is 1. The van der Waals surface area contributed by atoms with E-state index in [9.17, 15) is 14.0 Å². The monoisotopic (exact) mass is 280 g/mol. The summed E-state index contributed by atoms with van der Waals surface area (Å²) in [4.78, 5) is 27.2. The number of carboxylic acids is 1. The van der Waals surface area contributed by atoms with Gasteiger partial charge in [0.15, 0.2) is 0 Å². The Bertz CT molecular complexity index is 654. The number of hydrogen-bond acceptors (Lipinski definition) is 4. The highest BCUT2D eigenvalue weighted by Gasteiger charge is 2.17. The molecule has 0 spiro atoms. The van der Waals surface area contributed by atoms with Gasteiger partial charge in [0.05, 0.1) is 17.3 Å². The Morgan fingerprint density at radius 3 is 2.74 bits per heavy atom. The minimum atomic E-state index is -1.13. The summed E-state index contributed by atoms with van der Waals surface area (Å²) in [5, 5.41) is 11.7. The van der Waals surface area contributed by atoms with E-state index in [2.05, 4.69) is 10.3 Å². The van der Waals surface area contributed by atoms with E-state index in [4.69, 9.17) is 5.11 Å². The lowest BCUT2D eigenvalue weighted by atomic mass is 10.2. The van der Waals surface area contributed by atoms with Gasteiger partial charge >= 0.3 is 5.97 Å². The normalized spacial score (nSPS) is 10.2. The molecule has 19 heavy (non-hydrogen) atoms. The van der Waals surface area contributed by atoms with Crippen molar-refractivity contribution < 1.29 is 19.1 Å². The Morgan fingerprint density at radius 1 is 1.37 bits per heavy atom. The second kappa shape index (κ2) is 5.15. The van der Waals surface area contributed by atoms with Gasteiger partial charge in [0.1, 0.15) is 10.8 Å². The quantitative estimate of drug-likeness (QED) is 0.905. The van der Waals surface area contributed by atoms with Crippen molar-refractivity contribution in [1.29, 1.82) is 0 Å². The smallest absolute Gasteiger partial charge is 0.338 e. The molecule has 7 heteroatoms. The lowest BCUT2D eigenvalue weighted by molar-refractivity contribution is 0.0698. The van der Waals surface area contributed by atoms with Gasteiger partial charge < -0.3 is 10.4 Å². The summed E-state index contributed by atoms with van der Waals surface area (Å²) < 4.78 is 12.9. The van der Waals surface area contributed by atoms with Gasteiger partial charge in [-0.2, -0.15) is 0 Å². The van der Waals surface area contributed by atoms with Crippen LogP contribution in [0.15, 0.2) is 24.5 Å². The van der Waals surface area contributed by atoms with Crippen molar-refractivity contribution in [1.82, 2.24) is 4.98 Å². The molecule has 0 bridgehead atoms. The summed E-state index contributed by atoms with van der Waals surface area (Å²) in [5.41, 5.74) is 0.0441. The number of carbonyl (C=O) groups is 2. The van der Waals surface area contributed by atoms with E-state index in [0.717, 1.165) is 28.5 Å². The molecule has 2 N–H and O–H groups in total. The van der Waals surface area contributed by atoms with Gasteiger partial charge in [-0.25, -0.2) is 9.18 Å². The molecule has 0 atom stereocenters. The van der Waals surface area contributed by atoms with Crippen LogP contribution in [0.4, 0.5) is 9.39 Å². The SMILES string of the molecule is Cc1cc(C(=O)O)c(NC(=O)c2cncc(F)c2)s1. The standard InChI is InChI=1S/C12H9FN2O3S/c1-6-2-9(12(17)18)11(19-6)15-10(16)7-3-8(13)5-14-4-7/h2-5H,1H3,(H,15,16)(H,17,18). The average molecular weight is 280 g/mol. The Balaban J connectivity index is 2.26. The molecule has 1 amide bonds. The fourth-order valence-electron chi connectivity index (χ4n) is 1.48. The van der Waals surface area contributed by atoms with Crippen LogP contribution in [0.2, 0.25) is 0 Å². The third kappa shape index (κ3) is 2.94. The first kappa shape index (κ1) is 13.2. The molecule has 0 aliphatic carbocycles. The van der Waals surface area contributed by atoms with E-state index in [1.54, 1.807) is 6.92 Å². The van der Waals surface area contributed by atoms with Crippen LogP contribution in [0.25, 0.3) is 0 Å². The van der Waals surface area contributed by atoms with Gasteiger partial charge in [-0.1, -0.05) is 0 Å². The maximum atomic E-state index is 12.9. The second-order valence-corrected chi connectivity index (χ2v) is 5.01. The van der Waals surface area contributed by atoms with E-state index in [1.807, 2.05) is 0 Å². The number of halogens is 1. The minimum Gasteiger partial charge on any atom is -0.478 e. The van der Waals surface area contributed by atoms with E-state index >= 15 is 0 Å². The van der Waals surface area contributed by atoms with Crippen molar-refractivity contribution in [3.05, 3.63) is 46.3 Å². The van der Waals surface area contributed by atoms with Crippen LogP contribution in [-0.2, 0) is 0 Å². The molecule has 2 heterocycles. The Hall–Kier alpha value is -2.28. The lowest BCUT2D eigenvalue weighted by Crippen LogP contribution is -2.13. The maximum absolute atomic E-state index is 12.9. The number of amides is 1. The first-order chi connectivity index (χ1) is 8.97. The van der Waals surface area contributed by atoms with Crippen molar-refractivity contribution in [2.75, 3.05) is 5.32 Å². The summed E-state index contributed by atoms with van der Waals surface area (Å²) in [5.74, 6) is -2.36. The summed E-state index contributed by atoms with van der Waals surface area (Å²) in [6, 6.07) is 2.50. The van der Waals surface area contributed by atoms with E-state index in [1.165, 1.54) is 12.3 Å². The predicted octanol–water partition coefficient (Wildman–Crippen LogP) is 2.54. The van der Waals surface area contributed by atoms with Gasteiger partial charge in [-0.15, -0.1) is 11.3 Å². The summed E-state index contributed by atoms with van der Waals surface area (Å²) in [7, 11) is 0. The summed E-state index contributed by atoms with van der Waals surface area (Å²) in [6.07, 6.45) is 2.19. The van der Waals surface area contributed by atoms with Crippen LogP contribution in [0.5, 0.6) is 0 Å². The third-order valence-corrected chi connectivity index (χ3v) is 3.25. The number of aromatic nitrogens is 1.